The minimum absolute atomic E-state index is 0.0442. The van der Waals surface area contributed by atoms with Gasteiger partial charge in [-0.1, -0.05) is 6.07 Å². The van der Waals surface area contributed by atoms with Gasteiger partial charge in [-0.05, 0) is 31.2 Å². The van der Waals surface area contributed by atoms with E-state index in [0.29, 0.717) is 25.5 Å². The molecule has 4 rings (SSSR count). The summed E-state index contributed by atoms with van der Waals surface area (Å²) in [7, 11) is -3.21. The maximum Gasteiger partial charge on any atom is 0.255 e. The molecule has 7 nitrogen and oxygen atoms in total. The summed E-state index contributed by atoms with van der Waals surface area (Å²) in [6.07, 6.45) is 2.39. The Hall–Kier alpha value is -1.55. The summed E-state index contributed by atoms with van der Waals surface area (Å²) in [5.74, 6) is 0.706. The molecular weight excluding hydrogens is 396 g/mol. The molecule has 2 aliphatic heterocycles. The molecule has 2 aromatic heterocycles. The van der Waals surface area contributed by atoms with E-state index in [1.165, 1.54) is 4.88 Å². The SMILES string of the molecule is CCS(=O)(=O)N1CCCC(c2nc3c(c(=O)[nH]2)CN(Cc2cccs2)CC3)C1. The number of fused-ring (bicyclic) bond motifs is 1. The molecule has 0 radical (unpaired) electrons. The summed E-state index contributed by atoms with van der Waals surface area (Å²) in [5.41, 5.74) is 1.54. The number of hydrogen-bond acceptors (Lipinski definition) is 6. The van der Waals surface area contributed by atoms with Crippen LogP contribution in [0.25, 0.3) is 0 Å². The topological polar surface area (TPSA) is 86.4 Å². The highest BCUT2D eigenvalue weighted by Crippen LogP contribution is 2.27. The summed E-state index contributed by atoms with van der Waals surface area (Å²) in [4.78, 5) is 24.1. The summed E-state index contributed by atoms with van der Waals surface area (Å²) >= 11 is 1.73. The van der Waals surface area contributed by atoms with Gasteiger partial charge in [0.25, 0.3) is 5.56 Å². The maximum atomic E-state index is 12.8. The van der Waals surface area contributed by atoms with E-state index in [2.05, 4.69) is 21.3 Å². The summed E-state index contributed by atoms with van der Waals surface area (Å²) < 4.78 is 26.0. The van der Waals surface area contributed by atoms with Gasteiger partial charge in [-0.25, -0.2) is 17.7 Å². The first-order valence-electron chi connectivity index (χ1n) is 9.81. The Morgan fingerprint density at radius 1 is 1.36 bits per heavy atom. The van der Waals surface area contributed by atoms with Gasteiger partial charge >= 0.3 is 0 Å². The monoisotopic (exact) mass is 422 g/mol. The van der Waals surface area contributed by atoms with Gasteiger partial charge in [0.2, 0.25) is 10.0 Å². The lowest BCUT2D eigenvalue weighted by Crippen LogP contribution is -2.41. The normalized spacial score (nSPS) is 21.5. The average Bonchev–Trinajstić information content (AvgIpc) is 3.21. The van der Waals surface area contributed by atoms with Crippen LogP contribution in [0, 0.1) is 0 Å². The zero-order chi connectivity index (χ0) is 19.7. The van der Waals surface area contributed by atoms with Crippen molar-refractivity contribution in [3.05, 3.63) is 49.8 Å². The van der Waals surface area contributed by atoms with Crippen LogP contribution < -0.4 is 5.56 Å². The molecule has 1 unspecified atom stereocenters. The van der Waals surface area contributed by atoms with E-state index in [1.807, 2.05) is 6.07 Å². The van der Waals surface area contributed by atoms with Crippen LogP contribution in [-0.4, -0.2) is 53.0 Å². The standard InChI is InChI=1S/C19H26N4O3S2/c1-2-28(25,26)23-8-3-5-14(11-23)18-20-17-7-9-22(12-15-6-4-10-27-15)13-16(17)19(24)21-18/h4,6,10,14H,2-3,5,7-9,11-13H2,1H3,(H,20,21,24). The first kappa shape index (κ1) is 19.8. The molecule has 2 aromatic rings. The van der Waals surface area contributed by atoms with E-state index < -0.39 is 10.0 Å². The van der Waals surface area contributed by atoms with Gasteiger partial charge < -0.3 is 4.98 Å². The van der Waals surface area contributed by atoms with Gasteiger partial charge in [0.1, 0.15) is 5.82 Å². The molecule has 152 valence electrons. The smallest absolute Gasteiger partial charge is 0.255 e. The molecule has 1 N–H and O–H groups in total. The Balaban J connectivity index is 1.52. The average molecular weight is 423 g/mol. The zero-order valence-corrected chi connectivity index (χ0v) is 17.7. The summed E-state index contributed by atoms with van der Waals surface area (Å²) in [6.45, 7) is 4.96. The van der Waals surface area contributed by atoms with Crippen LogP contribution >= 0.6 is 11.3 Å². The van der Waals surface area contributed by atoms with E-state index in [9.17, 15) is 13.2 Å². The van der Waals surface area contributed by atoms with Crippen LogP contribution in [0.1, 0.15) is 47.6 Å². The number of piperidine rings is 1. The zero-order valence-electron chi connectivity index (χ0n) is 16.1. The van der Waals surface area contributed by atoms with Gasteiger partial charge in [-0.15, -0.1) is 11.3 Å². The van der Waals surface area contributed by atoms with Gasteiger partial charge in [0.05, 0.1) is 17.0 Å². The van der Waals surface area contributed by atoms with Crippen LogP contribution in [0.15, 0.2) is 22.3 Å². The Labute approximate surface area is 169 Å². The van der Waals surface area contributed by atoms with Gasteiger partial charge in [-0.2, -0.15) is 0 Å². The number of aromatic amines is 1. The van der Waals surface area contributed by atoms with Crippen LogP contribution in [-0.2, 0) is 29.5 Å². The third-order valence-electron chi connectivity index (χ3n) is 5.65. The van der Waals surface area contributed by atoms with Crippen molar-refractivity contribution in [2.24, 2.45) is 0 Å². The lowest BCUT2D eigenvalue weighted by molar-refractivity contribution is 0.242. The highest BCUT2D eigenvalue weighted by molar-refractivity contribution is 7.89. The predicted molar refractivity (Wildman–Crippen MR) is 110 cm³/mol. The molecular formula is C19H26N4O3S2. The highest BCUT2D eigenvalue weighted by atomic mass is 32.2. The van der Waals surface area contributed by atoms with Crippen LogP contribution in [0.4, 0.5) is 0 Å². The van der Waals surface area contributed by atoms with Crippen molar-refractivity contribution in [1.29, 1.82) is 0 Å². The predicted octanol–water partition coefficient (Wildman–Crippen LogP) is 1.92. The van der Waals surface area contributed by atoms with Crippen molar-refractivity contribution >= 4 is 21.4 Å². The van der Waals surface area contributed by atoms with Crippen molar-refractivity contribution in [2.45, 2.75) is 45.2 Å². The Morgan fingerprint density at radius 3 is 2.96 bits per heavy atom. The minimum atomic E-state index is -3.21. The number of sulfonamides is 1. The van der Waals surface area contributed by atoms with Crippen molar-refractivity contribution in [3.63, 3.8) is 0 Å². The fourth-order valence-electron chi connectivity index (χ4n) is 4.05. The van der Waals surface area contributed by atoms with Crippen LogP contribution in [0.2, 0.25) is 0 Å². The number of aromatic nitrogens is 2. The van der Waals surface area contributed by atoms with Gasteiger partial charge in [0.15, 0.2) is 0 Å². The third kappa shape index (κ3) is 4.07. The Bertz CT molecular complexity index is 985. The van der Waals surface area contributed by atoms with Crippen molar-refractivity contribution in [3.8, 4) is 0 Å². The fraction of sp³-hybridized carbons (Fsp3) is 0.579. The molecule has 0 aliphatic carbocycles. The molecule has 1 saturated heterocycles. The molecule has 9 heteroatoms. The second-order valence-corrected chi connectivity index (χ2v) is 10.8. The largest absolute Gasteiger partial charge is 0.310 e. The molecule has 0 saturated carbocycles. The molecule has 0 amide bonds. The Morgan fingerprint density at radius 2 is 2.21 bits per heavy atom. The maximum absolute atomic E-state index is 12.8. The van der Waals surface area contributed by atoms with E-state index in [0.717, 1.165) is 43.6 Å². The van der Waals surface area contributed by atoms with E-state index in [4.69, 9.17) is 4.98 Å². The second kappa shape index (κ2) is 8.06. The van der Waals surface area contributed by atoms with E-state index >= 15 is 0 Å². The number of rotatable bonds is 5. The van der Waals surface area contributed by atoms with Gasteiger partial charge in [-0.3, -0.25) is 9.69 Å². The van der Waals surface area contributed by atoms with E-state index in [-0.39, 0.29) is 17.2 Å². The number of hydrogen-bond donors (Lipinski definition) is 1. The lowest BCUT2D eigenvalue weighted by atomic mass is 9.98. The van der Waals surface area contributed by atoms with Crippen LogP contribution in [0.3, 0.4) is 0 Å². The third-order valence-corrected chi connectivity index (χ3v) is 8.36. The first-order chi connectivity index (χ1) is 13.5. The molecule has 0 aromatic carbocycles. The molecule has 1 fully saturated rings. The molecule has 0 bridgehead atoms. The highest BCUT2D eigenvalue weighted by Gasteiger charge is 2.31. The molecule has 1 atom stereocenters. The lowest BCUT2D eigenvalue weighted by Gasteiger charge is -2.32. The number of nitrogens with zero attached hydrogens (tertiary/aromatic N) is 3. The van der Waals surface area contributed by atoms with Crippen molar-refractivity contribution < 1.29 is 8.42 Å². The number of nitrogens with one attached hydrogen (secondary N) is 1. The van der Waals surface area contributed by atoms with Gasteiger partial charge in [0, 0.05) is 49.9 Å². The number of thiophene rings is 1. The fourth-order valence-corrected chi connectivity index (χ4v) is 5.98. The number of H-pyrrole nitrogens is 1. The molecule has 4 heterocycles. The molecule has 2 aliphatic rings. The second-order valence-electron chi connectivity index (χ2n) is 7.51. The quantitative estimate of drug-likeness (QED) is 0.796. The van der Waals surface area contributed by atoms with Crippen LogP contribution in [0.5, 0.6) is 0 Å². The van der Waals surface area contributed by atoms with E-state index in [1.54, 1.807) is 22.6 Å². The molecule has 28 heavy (non-hydrogen) atoms. The minimum Gasteiger partial charge on any atom is -0.310 e. The summed E-state index contributed by atoms with van der Waals surface area (Å²) in [5, 5.41) is 2.07. The van der Waals surface area contributed by atoms with Crippen molar-refractivity contribution in [2.75, 3.05) is 25.4 Å². The first-order valence-corrected chi connectivity index (χ1v) is 12.3. The Kier molecular flexibility index (Phi) is 5.69. The molecule has 0 spiro atoms. The van der Waals surface area contributed by atoms with Crippen molar-refractivity contribution in [1.82, 2.24) is 19.2 Å². The summed E-state index contributed by atoms with van der Waals surface area (Å²) in [6, 6.07) is 4.16.